The Bertz CT molecular complexity index is 1010. The highest BCUT2D eigenvalue weighted by Gasteiger charge is 2.45. The number of carbonyl (C=O) groups is 2. The van der Waals surface area contributed by atoms with Crippen LogP contribution < -0.4 is 4.74 Å². The number of rotatable bonds is 7. The van der Waals surface area contributed by atoms with Crippen molar-refractivity contribution in [2.75, 3.05) is 13.2 Å². The Morgan fingerprint density at radius 2 is 1.84 bits per heavy atom. The summed E-state index contributed by atoms with van der Waals surface area (Å²) in [5, 5.41) is 11.1. The second kappa shape index (κ2) is 9.33. The van der Waals surface area contributed by atoms with Gasteiger partial charge in [-0.1, -0.05) is 32.9 Å². The van der Waals surface area contributed by atoms with Gasteiger partial charge in [-0.05, 0) is 60.7 Å². The zero-order valence-corrected chi connectivity index (χ0v) is 18.3. The van der Waals surface area contributed by atoms with E-state index in [1.807, 2.05) is 13.8 Å². The number of likely N-dealkylation sites (tertiary alicyclic amines) is 1. The largest absolute Gasteiger partial charge is 0.507 e. The van der Waals surface area contributed by atoms with Crippen molar-refractivity contribution in [1.29, 1.82) is 0 Å². The Morgan fingerprint density at radius 3 is 2.42 bits per heavy atom. The number of benzene rings is 2. The molecule has 0 aliphatic carbocycles. The first-order chi connectivity index (χ1) is 14.7. The van der Waals surface area contributed by atoms with E-state index in [-0.39, 0.29) is 11.3 Å². The fraction of sp³-hybridized carbons (Fsp3) is 0.360. The Balaban J connectivity index is 2.07. The van der Waals surface area contributed by atoms with Gasteiger partial charge >= 0.3 is 0 Å². The number of hydrogen-bond acceptors (Lipinski definition) is 4. The van der Waals surface area contributed by atoms with Crippen LogP contribution in [0, 0.1) is 18.7 Å². The number of nitrogens with zero attached hydrogens (tertiary/aromatic N) is 1. The molecule has 164 valence electrons. The lowest BCUT2D eigenvalue weighted by Gasteiger charge is -2.25. The number of ketones is 1. The number of aryl methyl sites for hydroxylation is 1. The van der Waals surface area contributed by atoms with Gasteiger partial charge in [-0.2, -0.15) is 0 Å². The van der Waals surface area contributed by atoms with E-state index in [4.69, 9.17) is 4.74 Å². The fourth-order valence-corrected chi connectivity index (χ4v) is 3.71. The van der Waals surface area contributed by atoms with Crippen molar-refractivity contribution < 1.29 is 23.8 Å². The van der Waals surface area contributed by atoms with Crippen molar-refractivity contribution in [2.45, 2.75) is 40.2 Å². The highest BCUT2D eigenvalue weighted by Crippen LogP contribution is 2.40. The molecule has 0 radical (unpaired) electrons. The standard InChI is InChI=1S/C25H28FNO4/c1-5-12-27-22(17-6-9-19(26)10-7-17)21(24(29)25(27)30)23(28)18-8-11-20(16(4)13-18)31-14-15(2)3/h6-11,13,15,22,28H,5,12,14H2,1-4H3/b23-21-. The summed E-state index contributed by atoms with van der Waals surface area (Å²) in [5.41, 5.74) is 1.83. The van der Waals surface area contributed by atoms with Crippen molar-refractivity contribution in [3.8, 4) is 5.75 Å². The van der Waals surface area contributed by atoms with Gasteiger partial charge in [0.05, 0.1) is 18.2 Å². The molecule has 1 N–H and O–H groups in total. The van der Waals surface area contributed by atoms with Gasteiger partial charge in [0.2, 0.25) is 0 Å². The Kier molecular flexibility index (Phi) is 6.78. The summed E-state index contributed by atoms with van der Waals surface area (Å²) in [6.07, 6.45) is 0.645. The number of Topliss-reactive ketones (excluding diaryl/α,β-unsaturated/α-hetero) is 1. The van der Waals surface area contributed by atoms with E-state index in [9.17, 15) is 19.1 Å². The molecule has 0 bridgehead atoms. The van der Waals surface area contributed by atoms with Gasteiger partial charge in [-0.25, -0.2) is 4.39 Å². The Labute approximate surface area is 182 Å². The second-order valence-corrected chi connectivity index (χ2v) is 8.23. The molecule has 0 spiro atoms. The van der Waals surface area contributed by atoms with Gasteiger partial charge in [0.15, 0.2) is 0 Å². The van der Waals surface area contributed by atoms with E-state index in [0.717, 1.165) is 5.56 Å². The van der Waals surface area contributed by atoms with Crippen molar-refractivity contribution in [3.63, 3.8) is 0 Å². The number of aliphatic hydroxyl groups excluding tert-OH is 1. The second-order valence-electron chi connectivity index (χ2n) is 8.23. The van der Waals surface area contributed by atoms with Gasteiger partial charge in [-0.3, -0.25) is 9.59 Å². The molecule has 2 aromatic carbocycles. The lowest BCUT2D eigenvalue weighted by Crippen LogP contribution is -2.30. The predicted molar refractivity (Wildman–Crippen MR) is 117 cm³/mol. The van der Waals surface area contributed by atoms with E-state index >= 15 is 0 Å². The minimum atomic E-state index is -0.766. The maximum atomic E-state index is 13.5. The average molecular weight is 426 g/mol. The number of aliphatic hydroxyl groups is 1. The summed E-state index contributed by atoms with van der Waals surface area (Å²) in [6, 6.07) is 10.0. The first-order valence-electron chi connectivity index (χ1n) is 10.5. The number of ether oxygens (including phenoxy) is 1. The molecule has 1 unspecified atom stereocenters. The van der Waals surface area contributed by atoms with E-state index in [1.54, 1.807) is 18.2 Å². The maximum Gasteiger partial charge on any atom is 0.295 e. The number of halogens is 1. The molecule has 6 heteroatoms. The minimum Gasteiger partial charge on any atom is -0.507 e. The van der Waals surface area contributed by atoms with Gasteiger partial charge in [0.25, 0.3) is 11.7 Å². The van der Waals surface area contributed by atoms with Crippen LogP contribution in [0.3, 0.4) is 0 Å². The van der Waals surface area contributed by atoms with Gasteiger partial charge in [-0.15, -0.1) is 0 Å². The van der Waals surface area contributed by atoms with Crippen LogP contribution in [0.4, 0.5) is 4.39 Å². The summed E-state index contributed by atoms with van der Waals surface area (Å²) in [5.74, 6) is -0.984. The number of carbonyl (C=O) groups excluding carboxylic acids is 2. The molecule has 2 aromatic rings. The third-order valence-electron chi connectivity index (χ3n) is 5.21. The summed E-state index contributed by atoms with van der Waals surface area (Å²) >= 11 is 0. The SMILES string of the molecule is CCCN1C(=O)C(=O)/C(=C(\O)c2ccc(OCC(C)C)c(C)c2)C1c1ccc(F)cc1. The van der Waals surface area contributed by atoms with Gasteiger partial charge < -0.3 is 14.7 Å². The molecule has 1 amide bonds. The Morgan fingerprint density at radius 1 is 1.16 bits per heavy atom. The molecule has 1 aliphatic heterocycles. The van der Waals surface area contributed by atoms with Crippen molar-refractivity contribution >= 4 is 17.4 Å². The molecule has 1 saturated heterocycles. The summed E-state index contributed by atoms with van der Waals surface area (Å²) < 4.78 is 19.3. The molecule has 1 atom stereocenters. The van der Waals surface area contributed by atoms with Crippen LogP contribution in [0.2, 0.25) is 0 Å². The monoisotopic (exact) mass is 425 g/mol. The normalized spacial score (nSPS) is 18.1. The van der Waals surface area contributed by atoms with E-state index in [0.29, 0.717) is 42.4 Å². The zero-order chi connectivity index (χ0) is 22.7. The molecule has 1 fully saturated rings. The molecule has 5 nitrogen and oxygen atoms in total. The van der Waals surface area contributed by atoms with Crippen molar-refractivity contribution in [3.05, 3.63) is 70.5 Å². The maximum absolute atomic E-state index is 13.5. The lowest BCUT2D eigenvalue weighted by atomic mass is 9.94. The third-order valence-corrected chi connectivity index (χ3v) is 5.21. The topological polar surface area (TPSA) is 66.8 Å². The summed E-state index contributed by atoms with van der Waals surface area (Å²) in [7, 11) is 0. The number of amides is 1. The van der Waals surface area contributed by atoms with Crippen LogP contribution >= 0.6 is 0 Å². The first-order valence-corrected chi connectivity index (χ1v) is 10.5. The molecule has 0 aromatic heterocycles. The van der Waals surface area contributed by atoms with Crippen LogP contribution in [0.1, 0.15) is 49.9 Å². The highest BCUT2D eigenvalue weighted by molar-refractivity contribution is 6.46. The smallest absolute Gasteiger partial charge is 0.295 e. The third kappa shape index (κ3) is 4.63. The fourth-order valence-electron chi connectivity index (χ4n) is 3.71. The predicted octanol–water partition coefficient (Wildman–Crippen LogP) is 5.00. The van der Waals surface area contributed by atoms with E-state index in [2.05, 4.69) is 13.8 Å². The molecule has 0 saturated carbocycles. The first kappa shape index (κ1) is 22.5. The van der Waals surface area contributed by atoms with Crippen molar-refractivity contribution in [1.82, 2.24) is 4.90 Å². The van der Waals surface area contributed by atoms with Crippen LogP contribution in [-0.2, 0) is 9.59 Å². The lowest BCUT2D eigenvalue weighted by molar-refractivity contribution is -0.139. The average Bonchev–Trinajstić information content (AvgIpc) is 2.98. The van der Waals surface area contributed by atoms with Crippen LogP contribution in [0.25, 0.3) is 5.76 Å². The Hall–Kier alpha value is -3.15. The van der Waals surface area contributed by atoms with Crippen molar-refractivity contribution in [2.24, 2.45) is 5.92 Å². The van der Waals surface area contributed by atoms with E-state index < -0.39 is 23.5 Å². The highest BCUT2D eigenvalue weighted by atomic mass is 19.1. The molecule has 3 rings (SSSR count). The van der Waals surface area contributed by atoms with Crippen LogP contribution in [-0.4, -0.2) is 34.8 Å². The van der Waals surface area contributed by atoms with Crippen LogP contribution in [0.5, 0.6) is 5.75 Å². The molecule has 31 heavy (non-hydrogen) atoms. The summed E-state index contributed by atoms with van der Waals surface area (Å²) in [4.78, 5) is 27.0. The van der Waals surface area contributed by atoms with Gasteiger partial charge in [0.1, 0.15) is 17.3 Å². The zero-order valence-electron chi connectivity index (χ0n) is 18.3. The van der Waals surface area contributed by atoms with Crippen LogP contribution in [0.15, 0.2) is 48.0 Å². The molecule has 1 heterocycles. The van der Waals surface area contributed by atoms with E-state index in [1.165, 1.54) is 29.2 Å². The minimum absolute atomic E-state index is 0.0142. The quantitative estimate of drug-likeness (QED) is 0.385. The van der Waals surface area contributed by atoms with Gasteiger partial charge in [0, 0.05) is 12.1 Å². The molecule has 1 aliphatic rings. The molecular weight excluding hydrogens is 397 g/mol. The summed E-state index contributed by atoms with van der Waals surface area (Å²) in [6.45, 7) is 8.80. The molecular formula is C25H28FNO4. The number of hydrogen-bond donors (Lipinski definition) is 1.